The highest BCUT2D eigenvalue weighted by Crippen LogP contribution is 2.27. The van der Waals surface area contributed by atoms with Gasteiger partial charge in [0, 0.05) is 31.7 Å². The Balaban J connectivity index is 1.74. The van der Waals surface area contributed by atoms with Crippen molar-refractivity contribution in [2.24, 2.45) is 4.99 Å². The Morgan fingerprint density at radius 1 is 0.933 bits per heavy atom. The zero-order valence-electron chi connectivity index (χ0n) is 18.0. The number of benzene rings is 2. The highest BCUT2D eigenvalue weighted by molar-refractivity contribution is 5.94. The van der Waals surface area contributed by atoms with E-state index in [4.69, 9.17) is 9.47 Å². The van der Waals surface area contributed by atoms with Gasteiger partial charge in [0.1, 0.15) is 0 Å². The molecule has 0 radical (unpaired) electrons. The molecule has 7 heteroatoms. The fraction of sp³-hybridized carbons (Fsp3) is 0.391. The predicted octanol–water partition coefficient (Wildman–Crippen LogP) is 2.62. The van der Waals surface area contributed by atoms with Gasteiger partial charge in [-0.2, -0.15) is 0 Å². The van der Waals surface area contributed by atoms with Crippen LogP contribution >= 0.6 is 0 Å². The lowest BCUT2D eigenvalue weighted by molar-refractivity contribution is 0.0953. The summed E-state index contributed by atoms with van der Waals surface area (Å²) in [4.78, 5) is 16.6. The number of nitrogens with one attached hydrogen (secondary N) is 3. The normalized spacial score (nSPS) is 11.0. The van der Waals surface area contributed by atoms with E-state index in [2.05, 4.69) is 20.9 Å². The van der Waals surface area contributed by atoms with Gasteiger partial charge in [0.15, 0.2) is 17.5 Å². The molecule has 7 nitrogen and oxygen atoms in total. The Morgan fingerprint density at radius 2 is 1.70 bits per heavy atom. The predicted molar refractivity (Wildman–Crippen MR) is 121 cm³/mol. The van der Waals surface area contributed by atoms with E-state index in [0.717, 1.165) is 49.0 Å². The summed E-state index contributed by atoms with van der Waals surface area (Å²) >= 11 is 0. The van der Waals surface area contributed by atoms with E-state index in [1.807, 2.05) is 43.3 Å². The molecule has 0 unspecified atom stereocenters. The van der Waals surface area contributed by atoms with E-state index < -0.39 is 0 Å². The van der Waals surface area contributed by atoms with Crippen LogP contribution in [0.25, 0.3) is 0 Å². The van der Waals surface area contributed by atoms with Gasteiger partial charge in [-0.1, -0.05) is 24.3 Å². The summed E-state index contributed by atoms with van der Waals surface area (Å²) in [5, 5.41) is 9.50. The Labute approximate surface area is 178 Å². The minimum Gasteiger partial charge on any atom is -0.493 e. The summed E-state index contributed by atoms with van der Waals surface area (Å²) in [5.74, 6) is 2.17. The average Bonchev–Trinajstić information content (AvgIpc) is 2.79. The summed E-state index contributed by atoms with van der Waals surface area (Å²) in [5.41, 5.74) is 1.82. The minimum absolute atomic E-state index is 0.0560. The molecule has 0 bridgehead atoms. The van der Waals surface area contributed by atoms with Crippen LogP contribution < -0.4 is 25.4 Å². The van der Waals surface area contributed by atoms with Crippen LogP contribution in [-0.4, -0.2) is 52.3 Å². The molecule has 0 fully saturated rings. The first-order valence-electron chi connectivity index (χ1n) is 10.2. The van der Waals surface area contributed by atoms with Gasteiger partial charge < -0.3 is 25.4 Å². The number of hydrogen-bond acceptors (Lipinski definition) is 4. The van der Waals surface area contributed by atoms with E-state index in [0.29, 0.717) is 18.7 Å². The van der Waals surface area contributed by atoms with Crippen molar-refractivity contribution in [1.82, 2.24) is 16.0 Å². The number of hydrogen-bond donors (Lipinski definition) is 3. The lowest BCUT2D eigenvalue weighted by atomic mass is 10.1. The van der Waals surface area contributed by atoms with Gasteiger partial charge in [-0.25, -0.2) is 0 Å². The highest BCUT2D eigenvalue weighted by atomic mass is 16.5. The zero-order valence-corrected chi connectivity index (χ0v) is 18.0. The fourth-order valence-electron chi connectivity index (χ4n) is 2.87. The van der Waals surface area contributed by atoms with Crippen LogP contribution in [0.15, 0.2) is 53.5 Å². The lowest BCUT2D eigenvalue weighted by Crippen LogP contribution is -2.38. The SMILES string of the molecule is CCNC(=NCCCNC(=O)c1ccccc1)NCCc1ccc(OC)c(OC)c1. The number of amides is 1. The maximum atomic E-state index is 12.0. The summed E-state index contributed by atoms with van der Waals surface area (Å²) in [6, 6.07) is 15.1. The largest absolute Gasteiger partial charge is 0.493 e. The first kappa shape index (κ1) is 23.1. The average molecular weight is 413 g/mol. The van der Waals surface area contributed by atoms with Crippen molar-refractivity contribution in [3.05, 3.63) is 59.7 Å². The first-order valence-corrected chi connectivity index (χ1v) is 10.2. The van der Waals surface area contributed by atoms with Crippen LogP contribution in [0.5, 0.6) is 11.5 Å². The van der Waals surface area contributed by atoms with Crippen LogP contribution in [0.1, 0.15) is 29.3 Å². The van der Waals surface area contributed by atoms with Crippen molar-refractivity contribution in [3.8, 4) is 11.5 Å². The first-order chi connectivity index (χ1) is 14.7. The second-order valence-electron chi connectivity index (χ2n) is 6.60. The lowest BCUT2D eigenvalue weighted by Gasteiger charge is -2.13. The van der Waals surface area contributed by atoms with Gasteiger partial charge in [0.2, 0.25) is 0 Å². The van der Waals surface area contributed by atoms with E-state index >= 15 is 0 Å². The number of methoxy groups -OCH3 is 2. The number of carbonyl (C=O) groups is 1. The monoisotopic (exact) mass is 412 g/mol. The molecule has 1 amide bonds. The number of aliphatic imine (C=N–C) groups is 1. The Morgan fingerprint density at radius 3 is 2.40 bits per heavy atom. The molecule has 0 spiro atoms. The topological polar surface area (TPSA) is 84.0 Å². The van der Waals surface area contributed by atoms with Crippen molar-refractivity contribution in [1.29, 1.82) is 0 Å². The van der Waals surface area contributed by atoms with Crippen molar-refractivity contribution in [2.75, 3.05) is 40.4 Å². The quantitative estimate of drug-likeness (QED) is 0.300. The van der Waals surface area contributed by atoms with E-state index in [1.54, 1.807) is 26.4 Å². The molecule has 0 aromatic heterocycles. The molecular formula is C23H32N4O3. The standard InChI is InChI=1S/C23H32N4O3/c1-4-24-23(26-15-8-14-25-22(28)19-9-6-5-7-10-19)27-16-13-18-11-12-20(29-2)21(17-18)30-3/h5-7,9-12,17H,4,8,13-16H2,1-3H3,(H,25,28)(H2,24,26,27). The number of carbonyl (C=O) groups excluding carboxylic acids is 1. The van der Waals surface area contributed by atoms with Gasteiger partial charge in [0.25, 0.3) is 5.91 Å². The fourth-order valence-corrected chi connectivity index (χ4v) is 2.87. The minimum atomic E-state index is -0.0560. The van der Waals surface area contributed by atoms with Crippen molar-refractivity contribution >= 4 is 11.9 Å². The molecule has 0 aliphatic rings. The molecular weight excluding hydrogens is 380 g/mol. The van der Waals surface area contributed by atoms with Gasteiger partial charge in [-0.3, -0.25) is 9.79 Å². The van der Waals surface area contributed by atoms with Gasteiger partial charge in [-0.15, -0.1) is 0 Å². The number of guanidine groups is 1. The molecule has 0 aliphatic carbocycles. The molecule has 0 saturated carbocycles. The second-order valence-corrected chi connectivity index (χ2v) is 6.60. The van der Waals surface area contributed by atoms with E-state index in [1.165, 1.54) is 0 Å². The maximum Gasteiger partial charge on any atom is 0.251 e. The summed E-state index contributed by atoms with van der Waals surface area (Å²) in [6.45, 7) is 4.77. The number of rotatable bonds is 11. The summed E-state index contributed by atoms with van der Waals surface area (Å²) in [7, 11) is 3.27. The van der Waals surface area contributed by atoms with Crippen LogP contribution in [0.3, 0.4) is 0 Å². The molecule has 2 aromatic carbocycles. The van der Waals surface area contributed by atoms with Gasteiger partial charge in [-0.05, 0) is 49.6 Å². The summed E-state index contributed by atoms with van der Waals surface area (Å²) < 4.78 is 10.6. The van der Waals surface area contributed by atoms with Crippen molar-refractivity contribution in [3.63, 3.8) is 0 Å². The molecule has 3 N–H and O–H groups in total. The van der Waals surface area contributed by atoms with Crippen LogP contribution in [0.2, 0.25) is 0 Å². The smallest absolute Gasteiger partial charge is 0.251 e. The van der Waals surface area contributed by atoms with Crippen LogP contribution in [0.4, 0.5) is 0 Å². The van der Waals surface area contributed by atoms with Gasteiger partial charge >= 0.3 is 0 Å². The van der Waals surface area contributed by atoms with Crippen molar-refractivity contribution in [2.45, 2.75) is 19.8 Å². The molecule has 0 heterocycles. The molecule has 0 saturated heterocycles. The molecule has 162 valence electrons. The maximum absolute atomic E-state index is 12.0. The third kappa shape index (κ3) is 7.66. The van der Waals surface area contributed by atoms with E-state index in [-0.39, 0.29) is 5.91 Å². The Hall–Kier alpha value is -3.22. The molecule has 2 rings (SSSR count). The van der Waals surface area contributed by atoms with Crippen LogP contribution in [0, 0.1) is 0 Å². The number of nitrogens with zero attached hydrogens (tertiary/aromatic N) is 1. The highest BCUT2D eigenvalue weighted by Gasteiger charge is 2.05. The second kappa shape index (κ2) is 13.1. The molecule has 30 heavy (non-hydrogen) atoms. The summed E-state index contributed by atoms with van der Waals surface area (Å²) in [6.07, 6.45) is 1.60. The Kier molecular flexibility index (Phi) is 10.1. The third-order valence-electron chi connectivity index (χ3n) is 4.42. The molecule has 0 atom stereocenters. The van der Waals surface area contributed by atoms with Crippen LogP contribution in [-0.2, 0) is 6.42 Å². The molecule has 2 aromatic rings. The third-order valence-corrected chi connectivity index (χ3v) is 4.42. The van der Waals surface area contributed by atoms with E-state index in [9.17, 15) is 4.79 Å². The van der Waals surface area contributed by atoms with Crippen molar-refractivity contribution < 1.29 is 14.3 Å². The Bertz CT molecular complexity index is 809. The number of ether oxygens (including phenoxy) is 2. The molecule has 0 aliphatic heterocycles. The van der Waals surface area contributed by atoms with Gasteiger partial charge in [0.05, 0.1) is 14.2 Å². The zero-order chi connectivity index (χ0) is 21.6.